The maximum atomic E-state index is 13.5. The Hall–Kier alpha value is -1.14. The van der Waals surface area contributed by atoms with Gasteiger partial charge >= 0.3 is 0 Å². The number of nitrogen functional groups attached to an aromatic ring is 1. The molecule has 6 heteroatoms. The fourth-order valence-corrected chi connectivity index (χ4v) is 2.82. The van der Waals surface area contributed by atoms with Crippen LogP contribution in [0.3, 0.4) is 0 Å². The Morgan fingerprint density at radius 3 is 2.59 bits per heavy atom. The van der Waals surface area contributed by atoms with E-state index in [-0.39, 0.29) is 5.69 Å². The molecule has 0 amide bonds. The molecule has 1 aromatic carbocycles. The largest absolute Gasteiger partial charge is 0.398 e. The molecule has 0 aromatic heterocycles. The molecule has 0 spiro atoms. The van der Waals surface area contributed by atoms with Gasteiger partial charge in [0, 0.05) is 13.6 Å². The molecule has 17 heavy (non-hydrogen) atoms. The van der Waals surface area contributed by atoms with E-state index in [9.17, 15) is 12.8 Å². The van der Waals surface area contributed by atoms with Gasteiger partial charge in [0.2, 0.25) is 10.0 Å². The average molecular weight is 260 g/mol. The first-order valence-corrected chi connectivity index (χ1v) is 6.85. The number of anilines is 1. The summed E-state index contributed by atoms with van der Waals surface area (Å²) in [5.74, 6) is -0.812. The highest BCUT2D eigenvalue weighted by molar-refractivity contribution is 7.89. The van der Waals surface area contributed by atoms with Crippen LogP contribution in [0.5, 0.6) is 0 Å². The smallest absolute Gasteiger partial charge is 0.247 e. The molecule has 0 bridgehead atoms. The van der Waals surface area contributed by atoms with Crippen LogP contribution in [0, 0.1) is 5.82 Å². The Balaban J connectivity index is 3.13. The summed E-state index contributed by atoms with van der Waals surface area (Å²) in [7, 11) is -2.41. The van der Waals surface area contributed by atoms with E-state index in [1.807, 2.05) is 6.92 Å². The Morgan fingerprint density at radius 2 is 2.06 bits per heavy atom. The van der Waals surface area contributed by atoms with Crippen molar-refractivity contribution >= 4 is 15.7 Å². The molecule has 96 valence electrons. The molecule has 0 aliphatic carbocycles. The molecule has 1 aromatic rings. The van der Waals surface area contributed by atoms with Gasteiger partial charge in [-0.15, -0.1) is 0 Å². The molecule has 0 aliphatic heterocycles. The zero-order valence-electron chi connectivity index (χ0n) is 9.98. The zero-order valence-corrected chi connectivity index (χ0v) is 10.8. The number of halogens is 1. The second kappa shape index (κ2) is 5.46. The molecule has 0 aliphatic rings. The van der Waals surface area contributed by atoms with Crippen LogP contribution in [-0.4, -0.2) is 26.3 Å². The number of benzene rings is 1. The third kappa shape index (κ3) is 2.95. The first-order valence-electron chi connectivity index (χ1n) is 5.41. The lowest BCUT2D eigenvalue weighted by Gasteiger charge is -2.18. The molecule has 0 fully saturated rings. The van der Waals surface area contributed by atoms with Crippen LogP contribution in [0.15, 0.2) is 23.1 Å². The molecule has 4 nitrogen and oxygen atoms in total. The SMILES string of the molecule is CCCCN(C)S(=O)(=O)c1c(N)cccc1F. The van der Waals surface area contributed by atoms with E-state index < -0.39 is 20.7 Å². The third-order valence-electron chi connectivity index (χ3n) is 2.49. The lowest BCUT2D eigenvalue weighted by molar-refractivity contribution is 0.454. The maximum absolute atomic E-state index is 13.5. The van der Waals surface area contributed by atoms with Crippen LogP contribution >= 0.6 is 0 Å². The first-order chi connectivity index (χ1) is 7.91. The van der Waals surface area contributed by atoms with Crippen molar-refractivity contribution in [3.8, 4) is 0 Å². The van der Waals surface area contributed by atoms with Crippen LogP contribution in [0.2, 0.25) is 0 Å². The molecule has 0 saturated carbocycles. The summed E-state index contributed by atoms with van der Waals surface area (Å²) in [4.78, 5) is -0.432. The second-order valence-corrected chi connectivity index (χ2v) is 5.82. The summed E-state index contributed by atoms with van der Waals surface area (Å²) in [6.07, 6.45) is 1.59. The summed E-state index contributed by atoms with van der Waals surface area (Å²) in [6.45, 7) is 2.31. The molecule has 0 heterocycles. The standard InChI is InChI=1S/C11H17FN2O2S/c1-3-4-8-14(2)17(15,16)11-9(12)6-5-7-10(11)13/h5-7H,3-4,8,13H2,1-2H3. The summed E-state index contributed by atoms with van der Waals surface area (Å²) in [5.41, 5.74) is 5.47. The van der Waals surface area contributed by atoms with Gasteiger partial charge in [0.1, 0.15) is 10.7 Å². The van der Waals surface area contributed by atoms with Crippen molar-refractivity contribution < 1.29 is 12.8 Å². The van der Waals surface area contributed by atoms with Crippen LogP contribution in [0.25, 0.3) is 0 Å². The Kier molecular flexibility index (Phi) is 4.47. The number of rotatable bonds is 5. The Bertz CT molecular complexity index is 468. The predicted molar refractivity (Wildman–Crippen MR) is 65.5 cm³/mol. The first kappa shape index (κ1) is 13.9. The van der Waals surface area contributed by atoms with Gasteiger partial charge in [-0.05, 0) is 18.6 Å². The molecule has 0 atom stereocenters. The number of nitrogens with zero attached hydrogens (tertiary/aromatic N) is 1. The summed E-state index contributed by atoms with van der Waals surface area (Å²) in [5, 5.41) is 0. The van der Waals surface area contributed by atoms with Gasteiger partial charge in [0.25, 0.3) is 0 Å². The van der Waals surface area contributed by atoms with Crippen molar-refractivity contribution in [2.75, 3.05) is 19.3 Å². The van der Waals surface area contributed by atoms with Gasteiger partial charge in [-0.2, -0.15) is 0 Å². The Morgan fingerprint density at radius 1 is 1.41 bits per heavy atom. The van der Waals surface area contributed by atoms with Crippen molar-refractivity contribution in [1.29, 1.82) is 0 Å². The number of hydrogen-bond donors (Lipinski definition) is 1. The fourth-order valence-electron chi connectivity index (χ4n) is 1.45. The van der Waals surface area contributed by atoms with Gasteiger partial charge in [0.05, 0.1) is 5.69 Å². The highest BCUT2D eigenvalue weighted by Crippen LogP contribution is 2.24. The van der Waals surface area contributed by atoms with Crippen LogP contribution in [0.4, 0.5) is 10.1 Å². The van der Waals surface area contributed by atoms with Gasteiger partial charge in [-0.1, -0.05) is 19.4 Å². The quantitative estimate of drug-likeness (QED) is 0.821. The van der Waals surface area contributed by atoms with Crippen molar-refractivity contribution in [2.24, 2.45) is 0 Å². The van der Waals surface area contributed by atoms with Gasteiger partial charge < -0.3 is 5.73 Å². The second-order valence-electron chi connectivity index (χ2n) is 3.84. The van der Waals surface area contributed by atoms with Gasteiger partial charge in [-0.3, -0.25) is 0 Å². The molecule has 1 rings (SSSR count). The van der Waals surface area contributed by atoms with E-state index in [1.54, 1.807) is 0 Å². The normalized spacial score (nSPS) is 12.0. The molecule has 0 unspecified atom stereocenters. The van der Waals surface area contributed by atoms with E-state index in [0.29, 0.717) is 6.54 Å². The third-order valence-corrected chi connectivity index (χ3v) is 4.44. The molecule has 0 radical (unpaired) electrons. The highest BCUT2D eigenvalue weighted by Gasteiger charge is 2.26. The van der Waals surface area contributed by atoms with E-state index in [4.69, 9.17) is 5.73 Å². The minimum Gasteiger partial charge on any atom is -0.398 e. The van der Waals surface area contributed by atoms with E-state index in [2.05, 4.69) is 0 Å². The van der Waals surface area contributed by atoms with Crippen molar-refractivity contribution in [2.45, 2.75) is 24.7 Å². The van der Waals surface area contributed by atoms with Gasteiger partial charge in [-0.25, -0.2) is 17.1 Å². The van der Waals surface area contributed by atoms with Gasteiger partial charge in [0.15, 0.2) is 0 Å². The van der Waals surface area contributed by atoms with Crippen molar-refractivity contribution in [3.05, 3.63) is 24.0 Å². The monoisotopic (exact) mass is 260 g/mol. The molecule has 0 saturated heterocycles. The lowest BCUT2D eigenvalue weighted by atomic mass is 10.3. The summed E-state index contributed by atoms with van der Waals surface area (Å²) >= 11 is 0. The topological polar surface area (TPSA) is 63.4 Å². The number of nitrogens with two attached hydrogens (primary N) is 1. The zero-order chi connectivity index (χ0) is 13.1. The van der Waals surface area contributed by atoms with Crippen LogP contribution < -0.4 is 5.73 Å². The van der Waals surface area contributed by atoms with Crippen LogP contribution in [-0.2, 0) is 10.0 Å². The fraction of sp³-hybridized carbons (Fsp3) is 0.455. The molecular weight excluding hydrogens is 243 g/mol. The van der Waals surface area contributed by atoms with Crippen molar-refractivity contribution in [1.82, 2.24) is 4.31 Å². The van der Waals surface area contributed by atoms with E-state index >= 15 is 0 Å². The lowest BCUT2D eigenvalue weighted by Crippen LogP contribution is -2.29. The summed E-state index contributed by atoms with van der Waals surface area (Å²) < 4.78 is 38.8. The maximum Gasteiger partial charge on any atom is 0.247 e. The summed E-state index contributed by atoms with van der Waals surface area (Å²) in [6, 6.07) is 3.86. The highest BCUT2D eigenvalue weighted by atomic mass is 32.2. The predicted octanol–water partition coefficient (Wildman–Crippen LogP) is 1.83. The number of hydrogen-bond acceptors (Lipinski definition) is 3. The van der Waals surface area contributed by atoms with Crippen LogP contribution in [0.1, 0.15) is 19.8 Å². The molecular formula is C11H17FN2O2S. The minimum absolute atomic E-state index is 0.0617. The Labute approximate surface area is 101 Å². The van der Waals surface area contributed by atoms with E-state index in [0.717, 1.165) is 23.2 Å². The van der Waals surface area contributed by atoms with E-state index in [1.165, 1.54) is 19.2 Å². The minimum atomic E-state index is -3.84. The number of sulfonamides is 1. The average Bonchev–Trinajstić information content (AvgIpc) is 2.25. The number of unbranched alkanes of at least 4 members (excludes halogenated alkanes) is 1. The van der Waals surface area contributed by atoms with Crippen molar-refractivity contribution in [3.63, 3.8) is 0 Å². The molecule has 2 N–H and O–H groups in total.